The summed E-state index contributed by atoms with van der Waals surface area (Å²) < 4.78 is 1.73. The maximum absolute atomic E-state index is 11.7. The van der Waals surface area contributed by atoms with Gasteiger partial charge in [0.25, 0.3) is 0 Å². The van der Waals surface area contributed by atoms with Gasteiger partial charge in [0.15, 0.2) is 0 Å². The van der Waals surface area contributed by atoms with Crippen molar-refractivity contribution in [1.29, 1.82) is 0 Å². The average molecular weight is 295 g/mol. The predicted molar refractivity (Wildman–Crippen MR) is 78.6 cm³/mol. The van der Waals surface area contributed by atoms with E-state index in [-0.39, 0.29) is 18.6 Å². The molecular formula is C14H25N5O2. The summed E-state index contributed by atoms with van der Waals surface area (Å²) in [6.07, 6.45) is 7.85. The second-order valence-electron chi connectivity index (χ2n) is 5.48. The smallest absolute Gasteiger partial charge is 0.220 e. The molecule has 118 valence electrons. The lowest BCUT2D eigenvalue weighted by Crippen LogP contribution is -2.45. The Labute approximate surface area is 125 Å². The highest BCUT2D eigenvalue weighted by Gasteiger charge is 2.20. The van der Waals surface area contributed by atoms with Crippen molar-refractivity contribution in [1.82, 2.24) is 25.0 Å². The van der Waals surface area contributed by atoms with E-state index >= 15 is 0 Å². The van der Waals surface area contributed by atoms with Crippen molar-refractivity contribution in [3.63, 3.8) is 0 Å². The quantitative estimate of drug-likeness (QED) is 0.706. The van der Waals surface area contributed by atoms with E-state index in [9.17, 15) is 9.90 Å². The average Bonchev–Trinajstić information content (AvgIpc) is 3.01. The molecule has 0 bridgehead atoms. The van der Waals surface area contributed by atoms with Crippen molar-refractivity contribution in [2.45, 2.75) is 44.7 Å². The summed E-state index contributed by atoms with van der Waals surface area (Å²) in [4.78, 5) is 17.9. The monoisotopic (exact) mass is 295 g/mol. The van der Waals surface area contributed by atoms with Gasteiger partial charge >= 0.3 is 0 Å². The minimum atomic E-state index is 0.0765. The maximum atomic E-state index is 11.7. The van der Waals surface area contributed by atoms with Crippen LogP contribution in [-0.2, 0) is 11.3 Å². The summed E-state index contributed by atoms with van der Waals surface area (Å²) in [5.41, 5.74) is 0. The number of aliphatic hydroxyl groups excluding tert-OH is 1. The van der Waals surface area contributed by atoms with E-state index in [0.717, 1.165) is 25.9 Å². The molecule has 0 radical (unpaired) electrons. The van der Waals surface area contributed by atoms with Gasteiger partial charge in [0.2, 0.25) is 5.91 Å². The van der Waals surface area contributed by atoms with Crippen molar-refractivity contribution >= 4 is 5.91 Å². The molecule has 2 N–H and O–H groups in total. The lowest BCUT2D eigenvalue weighted by atomic mass is 10.0. The van der Waals surface area contributed by atoms with Gasteiger partial charge in [0.05, 0.1) is 6.61 Å². The van der Waals surface area contributed by atoms with E-state index in [1.54, 1.807) is 11.0 Å². The van der Waals surface area contributed by atoms with E-state index in [1.807, 2.05) is 0 Å². The lowest BCUT2D eigenvalue weighted by molar-refractivity contribution is -0.121. The molecule has 0 saturated carbocycles. The minimum Gasteiger partial charge on any atom is -0.395 e. The summed E-state index contributed by atoms with van der Waals surface area (Å²) in [5, 5.41) is 16.3. The molecule has 21 heavy (non-hydrogen) atoms. The maximum Gasteiger partial charge on any atom is 0.220 e. The van der Waals surface area contributed by atoms with Gasteiger partial charge in [-0.3, -0.25) is 14.4 Å². The zero-order chi connectivity index (χ0) is 14.9. The summed E-state index contributed by atoms with van der Waals surface area (Å²) >= 11 is 0. The van der Waals surface area contributed by atoms with Crippen molar-refractivity contribution in [3.05, 3.63) is 12.7 Å². The molecule has 1 atom stereocenters. The fourth-order valence-corrected chi connectivity index (χ4v) is 2.74. The number of amides is 1. The first-order chi connectivity index (χ1) is 10.3. The molecule has 7 nitrogen and oxygen atoms in total. The van der Waals surface area contributed by atoms with Crippen molar-refractivity contribution < 1.29 is 9.90 Å². The van der Waals surface area contributed by atoms with Crippen molar-refractivity contribution in [2.75, 3.05) is 26.2 Å². The molecule has 7 heteroatoms. The van der Waals surface area contributed by atoms with Crippen molar-refractivity contribution in [2.24, 2.45) is 0 Å². The molecule has 0 spiro atoms. The fraction of sp³-hybridized carbons (Fsp3) is 0.786. The molecule has 0 unspecified atom stereocenters. The molecule has 1 fully saturated rings. The molecule has 1 aliphatic heterocycles. The first-order valence-corrected chi connectivity index (χ1v) is 7.73. The zero-order valence-electron chi connectivity index (χ0n) is 12.4. The number of aryl methyl sites for hydroxylation is 1. The number of likely N-dealkylation sites (tertiary alicyclic amines) is 1. The number of carbonyl (C=O) groups is 1. The fourth-order valence-electron chi connectivity index (χ4n) is 2.74. The first-order valence-electron chi connectivity index (χ1n) is 7.73. The summed E-state index contributed by atoms with van der Waals surface area (Å²) in [6, 6.07) is 0.267. The Kier molecular flexibility index (Phi) is 6.62. The van der Waals surface area contributed by atoms with Gasteiger partial charge < -0.3 is 10.4 Å². The van der Waals surface area contributed by atoms with Crippen LogP contribution in [0.1, 0.15) is 32.1 Å². The lowest BCUT2D eigenvalue weighted by Gasteiger charge is -2.34. The van der Waals surface area contributed by atoms with Gasteiger partial charge in [-0.2, -0.15) is 5.10 Å². The normalized spacial score (nSPS) is 19.6. The van der Waals surface area contributed by atoms with E-state index in [0.29, 0.717) is 19.5 Å². The Bertz CT molecular complexity index is 410. The third-order valence-corrected chi connectivity index (χ3v) is 3.94. The van der Waals surface area contributed by atoms with E-state index in [2.05, 4.69) is 20.3 Å². The zero-order valence-corrected chi connectivity index (χ0v) is 12.4. The molecule has 1 saturated heterocycles. The number of carbonyl (C=O) groups excluding carboxylic acids is 1. The number of rotatable bonds is 8. The Morgan fingerprint density at radius 3 is 3.05 bits per heavy atom. The number of aliphatic hydroxyl groups is 1. The summed E-state index contributed by atoms with van der Waals surface area (Å²) in [6.45, 7) is 3.42. The van der Waals surface area contributed by atoms with Gasteiger partial charge in [-0.25, -0.2) is 4.98 Å². The molecule has 2 heterocycles. The Balaban J connectivity index is 1.56. The number of aromatic nitrogens is 3. The Hall–Kier alpha value is -1.47. The molecule has 1 aliphatic rings. The Morgan fingerprint density at radius 1 is 1.38 bits per heavy atom. The minimum absolute atomic E-state index is 0.0765. The SMILES string of the molecule is O=C(CCCn1cncn1)NCCN1CCCC[C@H]1CO. The molecule has 2 rings (SSSR count). The highest BCUT2D eigenvalue weighted by atomic mass is 16.3. The number of hydrogen-bond donors (Lipinski definition) is 2. The van der Waals surface area contributed by atoms with Crippen LogP contribution in [0.2, 0.25) is 0 Å². The highest BCUT2D eigenvalue weighted by molar-refractivity contribution is 5.75. The van der Waals surface area contributed by atoms with Crippen LogP contribution in [0.4, 0.5) is 0 Å². The van der Waals surface area contributed by atoms with Gasteiger partial charge in [-0.1, -0.05) is 6.42 Å². The van der Waals surface area contributed by atoms with Gasteiger partial charge in [0, 0.05) is 32.1 Å². The summed E-state index contributed by atoms with van der Waals surface area (Å²) in [7, 11) is 0. The molecule has 1 aromatic heterocycles. The van der Waals surface area contributed by atoms with Gasteiger partial charge in [-0.05, 0) is 25.8 Å². The topological polar surface area (TPSA) is 83.3 Å². The van der Waals surface area contributed by atoms with Crippen molar-refractivity contribution in [3.8, 4) is 0 Å². The molecular weight excluding hydrogens is 270 g/mol. The largest absolute Gasteiger partial charge is 0.395 e. The standard InChI is InChI=1S/C14H25N5O2/c20-10-13-4-1-2-7-18(13)9-6-16-14(21)5-3-8-19-12-15-11-17-19/h11-13,20H,1-10H2,(H,16,21)/t13-/m0/s1. The Morgan fingerprint density at radius 2 is 2.29 bits per heavy atom. The predicted octanol–water partition coefficient (Wildman–Crippen LogP) is 0.0213. The van der Waals surface area contributed by atoms with Crippen LogP contribution in [-0.4, -0.2) is 63.0 Å². The van der Waals surface area contributed by atoms with E-state index in [1.165, 1.54) is 19.2 Å². The van der Waals surface area contributed by atoms with Crippen LogP contribution in [0.25, 0.3) is 0 Å². The second kappa shape index (κ2) is 8.74. The third kappa shape index (κ3) is 5.43. The molecule has 0 aliphatic carbocycles. The van der Waals surface area contributed by atoms with Crippen LogP contribution in [0.3, 0.4) is 0 Å². The molecule has 1 aromatic rings. The number of hydrogen-bond acceptors (Lipinski definition) is 5. The van der Waals surface area contributed by atoms with E-state index < -0.39 is 0 Å². The van der Waals surface area contributed by atoms with Crippen LogP contribution in [0.15, 0.2) is 12.7 Å². The number of nitrogens with zero attached hydrogens (tertiary/aromatic N) is 4. The van der Waals surface area contributed by atoms with Gasteiger partial charge in [-0.15, -0.1) is 0 Å². The number of piperidine rings is 1. The van der Waals surface area contributed by atoms with Crippen LogP contribution < -0.4 is 5.32 Å². The van der Waals surface area contributed by atoms with Crippen LogP contribution >= 0.6 is 0 Å². The third-order valence-electron chi connectivity index (χ3n) is 3.94. The first kappa shape index (κ1) is 15.9. The second-order valence-corrected chi connectivity index (χ2v) is 5.48. The highest BCUT2D eigenvalue weighted by Crippen LogP contribution is 2.15. The number of nitrogens with one attached hydrogen (secondary N) is 1. The molecule has 0 aromatic carbocycles. The molecule has 1 amide bonds. The van der Waals surface area contributed by atoms with Gasteiger partial charge in [0.1, 0.15) is 12.7 Å². The van der Waals surface area contributed by atoms with Crippen LogP contribution in [0.5, 0.6) is 0 Å². The van der Waals surface area contributed by atoms with Crippen LogP contribution in [0, 0.1) is 0 Å². The van der Waals surface area contributed by atoms with E-state index in [4.69, 9.17) is 0 Å². The summed E-state index contributed by atoms with van der Waals surface area (Å²) in [5.74, 6) is 0.0765.